The van der Waals surface area contributed by atoms with E-state index in [9.17, 15) is 9.18 Å². The van der Waals surface area contributed by atoms with Crippen LogP contribution in [0.1, 0.15) is 42.1 Å². The second-order valence-electron chi connectivity index (χ2n) is 6.60. The van der Waals surface area contributed by atoms with Crippen LogP contribution in [0, 0.1) is 19.7 Å². The molecule has 1 aliphatic rings. The van der Waals surface area contributed by atoms with E-state index in [-0.39, 0.29) is 17.6 Å². The third-order valence-corrected chi connectivity index (χ3v) is 4.75. The number of likely N-dealkylation sites (tertiary alicyclic amines) is 1. The van der Waals surface area contributed by atoms with Crippen LogP contribution in [0.25, 0.3) is 0 Å². The zero-order valence-corrected chi connectivity index (χ0v) is 14.3. The summed E-state index contributed by atoms with van der Waals surface area (Å²) in [6.07, 6.45) is 2.13. The fourth-order valence-electron chi connectivity index (χ4n) is 3.49. The number of aromatic nitrogens is 2. The topological polar surface area (TPSA) is 38.1 Å². The quantitative estimate of drug-likeness (QED) is 0.843. The lowest BCUT2D eigenvalue weighted by Gasteiger charge is -2.17. The molecule has 1 saturated heterocycles. The lowest BCUT2D eigenvalue weighted by Crippen LogP contribution is -2.28. The van der Waals surface area contributed by atoms with Gasteiger partial charge in [-0.1, -0.05) is 18.2 Å². The SMILES string of the molecule is Cc1cc(C)n(CCCC(=O)N2CCC(c3ccccc3F)C2)n1. The summed E-state index contributed by atoms with van der Waals surface area (Å²) in [6.45, 7) is 6.11. The molecule has 2 heterocycles. The Kier molecular flexibility index (Phi) is 4.97. The Bertz CT molecular complexity index is 725. The Morgan fingerprint density at radius 2 is 2.12 bits per heavy atom. The Balaban J connectivity index is 1.50. The first-order chi connectivity index (χ1) is 11.5. The molecule has 0 N–H and O–H groups in total. The molecule has 1 aromatic carbocycles. The van der Waals surface area contributed by atoms with Crippen molar-refractivity contribution in [3.05, 3.63) is 53.1 Å². The fraction of sp³-hybridized carbons (Fsp3) is 0.474. The van der Waals surface area contributed by atoms with Gasteiger partial charge >= 0.3 is 0 Å². The van der Waals surface area contributed by atoms with Crippen LogP contribution in [0.2, 0.25) is 0 Å². The van der Waals surface area contributed by atoms with Crippen molar-refractivity contribution in [2.24, 2.45) is 0 Å². The smallest absolute Gasteiger partial charge is 0.222 e. The molecule has 24 heavy (non-hydrogen) atoms. The average molecular weight is 329 g/mol. The zero-order valence-electron chi connectivity index (χ0n) is 14.3. The molecule has 2 aromatic rings. The van der Waals surface area contributed by atoms with Gasteiger partial charge in [0, 0.05) is 37.7 Å². The van der Waals surface area contributed by atoms with Crippen LogP contribution in [0.3, 0.4) is 0 Å². The second kappa shape index (κ2) is 7.16. The molecule has 0 radical (unpaired) electrons. The van der Waals surface area contributed by atoms with Crippen molar-refractivity contribution in [2.75, 3.05) is 13.1 Å². The molecule has 0 aliphatic carbocycles. The van der Waals surface area contributed by atoms with Gasteiger partial charge in [-0.15, -0.1) is 0 Å². The van der Waals surface area contributed by atoms with E-state index in [0.717, 1.165) is 42.9 Å². The van der Waals surface area contributed by atoms with Crippen molar-refractivity contribution in [2.45, 2.75) is 45.6 Å². The summed E-state index contributed by atoms with van der Waals surface area (Å²) >= 11 is 0. The Morgan fingerprint density at radius 1 is 1.33 bits per heavy atom. The zero-order chi connectivity index (χ0) is 17.1. The Hall–Kier alpha value is -2.17. The number of aryl methyl sites for hydroxylation is 3. The average Bonchev–Trinajstić information content (AvgIpc) is 3.15. The monoisotopic (exact) mass is 329 g/mol. The van der Waals surface area contributed by atoms with Crippen LogP contribution in [0.5, 0.6) is 0 Å². The van der Waals surface area contributed by atoms with E-state index in [2.05, 4.69) is 5.10 Å². The third-order valence-electron chi connectivity index (χ3n) is 4.75. The number of carbonyl (C=O) groups is 1. The molecule has 128 valence electrons. The molecule has 1 unspecified atom stereocenters. The fourth-order valence-corrected chi connectivity index (χ4v) is 3.49. The van der Waals surface area contributed by atoms with Gasteiger partial charge in [0.2, 0.25) is 5.91 Å². The van der Waals surface area contributed by atoms with Crippen LogP contribution in [0.15, 0.2) is 30.3 Å². The predicted molar refractivity (Wildman–Crippen MR) is 91.3 cm³/mol. The van der Waals surface area contributed by atoms with Crippen LogP contribution in [-0.4, -0.2) is 33.7 Å². The standard InChI is InChI=1S/C19H24FN3O/c1-14-12-15(2)23(21-14)10-5-8-19(24)22-11-9-16(13-22)17-6-3-4-7-18(17)20/h3-4,6-7,12,16H,5,8-11,13H2,1-2H3. The highest BCUT2D eigenvalue weighted by Crippen LogP contribution is 2.29. The van der Waals surface area contributed by atoms with Crippen molar-refractivity contribution < 1.29 is 9.18 Å². The maximum atomic E-state index is 13.9. The van der Waals surface area contributed by atoms with Gasteiger partial charge in [-0.3, -0.25) is 9.48 Å². The van der Waals surface area contributed by atoms with Crippen molar-refractivity contribution in [3.63, 3.8) is 0 Å². The van der Waals surface area contributed by atoms with E-state index >= 15 is 0 Å². The summed E-state index contributed by atoms with van der Waals surface area (Å²) in [5.74, 6) is 0.114. The number of hydrogen-bond acceptors (Lipinski definition) is 2. The number of nitrogens with zero attached hydrogens (tertiary/aromatic N) is 3. The van der Waals surface area contributed by atoms with Crippen LogP contribution in [0.4, 0.5) is 4.39 Å². The largest absolute Gasteiger partial charge is 0.342 e. The minimum atomic E-state index is -0.165. The van der Waals surface area contributed by atoms with E-state index in [1.807, 2.05) is 41.6 Å². The Morgan fingerprint density at radius 3 is 2.83 bits per heavy atom. The van der Waals surface area contributed by atoms with Gasteiger partial charge in [-0.25, -0.2) is 4.39 Å². The molecule has 0 saturated carbocycles. The molecule has 1 atom stereocenters. The predicted octanol–water partition coefficient (Wildman–Crippen LogP) is 3.44. The first-order valence-corrected chi connectivity index (χ1v) is 8.58. The third kappa shape index (κ3) is 3.66. The van der Waals surface area contributed by atoms with Gasteiger partial charge in [-0.2, -0.15) is 5.10 Å². The normalized spacial score (nSPS) is 17.5. The van der Waals surface area contributed by atoms with Gasteiger partial charge in [-0.05, 0) is 44.4 Å². The number of benzene rings is 1. The van der Waals surface area contributed by atoms with Crippen molar-refractivity contribution in [1.29, 1.82) is 0 Å². The molecule has 1 aliphatic heterocycles. The van der Waals surface area contributed by atoms with E-state index in [0.29, 0.717) is 13.0 Å². The molecular formula is C19H24FN3O. The van der Waals surface area contributed by atoms with Gasteiger partial charge in [0.15, 0.2) is 0 Å². The highest BCUT2D eigenvalue weighted by Gasteiger charge is 2.28. The van der Waals surface area contributed by atoms with Gasteiger partial charge in [0.1, 0.15) is 5.82 Å². The van der Waals surface area contributed by atoms with Crippen LogP contribution >= 0.6 is 0 Å². The summed E-state index contributed by atoms with van der Waals surface area (Å²) in [4.78, 5) is 14.3. The number of hydrogen-bond donors (Lipinski definition) is 0. The van der Waals surface area contributed by atoms with E-state index in [1.165, 1.54) is 6.07 Å². The molecule has 4 nitrogen and oxygen atoms in total. The van der Waals surface area contributed by atoms with E-state index < -0.39 is 0 Å². The summed E-state index contributed by atoms with van der Waals surface area (Å²) in [6, 6.07) is 8.93. The molecule has 0 bridgehead atoms. The summed E-state index contributed by atoms with van der Waals surface area (Å²) in [7, 11) is 0. The summed E-state index contributed by atoms with van der Waals surface area (Å²) in [5.41, 5.74) is 2.86. The minimum absolute atomic E-state index is 0.117. The minimum Gasteiger partial charge on any atom is -0.342 e. The second-order valence-corrected chi connectivity index (χ2v) is 6.60. The maximum absolute atomic E-state index is 13.9. The molecule has 3 rings (SSSR count). The first kappa shape index (κ1) is 16.7. The van der Waals surface area contributed by atoms with Crippen molar-refractivity contribution in [1.82, 2.24) is 14.7 Å². The molecule has 0 spiro atoms. The highest BCUT2D eigenvalue weighted by molar-refractivity contribution is 5.76. The van der Waals surface area contributed by atoms with Crippen molar-refractivity contribution >= 4 is 5.91 Å². The molecule has 1 aromatic heterocycles. The molecule has 1 fully saturated rings. The van der Waals surface area contributed by atoms with Crippen LogP contribution < -0.4 is 0 Å². The summed E-state index contributed by atoms with van der Waals surface area (Å²) < 4.78 is 15.8. The first-order valence-electron chi connectivity index (χ1n) is 8.58. The Labute approximate surface area is 142 Å². The molecular weight excluding hydrogens is 305 g/mol. The molecule has 5 heteroatoms. The number of carbonyl (C=O) groups excluding carboxylic acids is 1. The number of rotatable bonds is 5. The van der Waals surface area contributed by atoms with Gasteiger partial charge < -0.3 is 4.90 Å². The molecule has 1 amide bonds. The maximum Gasteiger partial charge on any atom is 0.222 e. The number of halogens is 1. The lowest BCUT2D eigenvalue weighted by molar-refractivity contribution is -0.130. The van der Waals surface area contributed by atoms with E-state index in [4.69, 9.17) is 0 Å². The lowest BCUT2D eigenvalue weighted by atomic mass is 9.98. The van der Waals surface area contributed by atoms with Gasteiger partial charge in [0.05, 0.1) is 5.69 Å². The van der Waals surface area contributed by atoms with E-state index in [1.54, 1.807) is 6.07 Å². The highest BCUT2D eigenvalue weighted by atomic mass is 19.1. The number of amides is 1. The van der Waals surface area contributed by atoms with Crippen LogP contribution in [-0.2, 0) is 11.3 Å². The van der Waals surface area contributed by atoms with Crippen molar-refractivity contribution in [3.8, 4) is 0 Å². The summed E-state index contributed by atoms with van der Waals surface area (Å²) in [5, 5.41) is 4.42. The van der Waals surface area contributed by atoms with Gasteiger partial charge in [0.25, 0.3) is 0 Å².